The highest BCUT2D eigenvalue weighted by atomic mass is 32.2. The van der Waals surface area contributed by atoms with Gasteiger partial charge in [-0.05, 0) is 48.9 Å². The van der Waals surface area contributed by atoms with E-state index in [1.807, 2.05) is 13.0 Å². The predicted octanol–water partition coefficient (Wildman–Crippen LogP) is 5.14. The topological polar surface area (TPSA) is 128 Å². The van der Waals surface area contributed by atoms with Crippen LogP contribution in [0.1, 0.15) is 34.1 Å². The molecule has 3 rings (SSSR count). The molecule has 0 aliphatic heterocycles. The summed E-state index contributed by atoms with van der Waals surface area (Å²) in [5, 5.41) is 15.9. The van der Waals surface area contributed by atoms with Crippen LogP contribution in [-0.4, -0.2) is 35.1 Å². The highest BCUT2D eigenvalue weighted by molar-refractivity contribution is 8.00. The number of rotatable bonds is 9. The zero-order chi connectivity index (χ0) is 25.4. The molecule has 35 heavy (non-hydrogen) atoms. The summed E-state index contributed by atoms with van der Waals surface area (Å²) in [6.45, 7) is 1.88. The summed E-state index contributed by atoms with van der Waals surface area (Å²) in [6, 6.07) is 18.9. The molecule has 0 aromatic heterocycles. The first kappa shape index (κ1) is 25.4. The van der Waals surface area contributed by atoms with Crippen LogP contribution in [-0.2, 0) is 9.53 Å². The van der Waals surface area contributed by atoms with Crippen molar-refractivity contribution in [3.8, 4) is 0 Å². The van der Waals surface area contributed by atoms with Gasteiger partial charge in [-0.25, -0.2) is 4.79 Å². The van der Waals surface area contributed by atoms with Crippen molar-refractivity contribution in [1.82, 2.24) is 0 Å². The Morgan fingerprint density at radius 2 is 1.71 bits per heavy atom. The van der Waals surface area contributed by atoms with Crippen LogP contribution in [0, 0.1) is 10.1 Å². The number of nitrogens with one attached hydrogen (secondary N) is 2. The molecule has 0 fully saturated rings. The number of ether oxygens (including phenoxy) is 1. The van der Waals surface area contributed by atoms with Crippen molar-refractivity contribution in [2.75, 3.05) is 17.7 Å². The van der Waals surface area contributed by atoms with Gasteiger partial charge in [0.1, 0.15) is 0 Å². The van der Waals surface area contributed by atoms with Gasteiger partial charge in [0.15, 0.2) is 0 Å². The molecule has 0 saturated heterocycles. The summed E-state index contributed by atoms with van der Waals surface area (Å²) in [7, 11) is 1.28. The zero-order valence-corrected chi connectivity index (χ0v) is 19.8. The molecule has 9 nitrogen and oxygen atoms in total. The molecule has 1 atom stereocenters. The second-order valence-electron chi connectivity index (χ2n) is 7.33. The van der Waals surface area contributed by atoms with Crippen molar-refractivity contribution in [3.63, 3.8) is 0 Å². The number of benzene rings is 3. The van der Waals surface area contributed by atoms with Gasteiger partial charge in [-0.3, -0.25) is 19.7 Å². The largest absolute Gasteiger partial charge is 0.465 e. The Labute approximate surface area is 206 Å². The van der Waals surface area contributed by atoms with Gasteiger partial charge in [-0.1, -0.05) is 25.1 Å². The Kier molecular flexibility index (Phi) is 8.58. The molecule has 0 radical (unpaired) electrons. The molecule has 1 unspecified atom stereocenters. The van der Waals surface area contributed by atoms with E-state index in [1.165, 1.54) is 43.1 Å². The van der Waals surface area contributed by atoms with Crippen LogP contribution in [0.25, 0.3) is 0 Å². The number of nitro benzene ring substituents is 1. The fourth-order valence-corrected chi connectivity index (χ4v) is 4.18. The Morgan fingerprint density at radius 1 is 1.00 bits per heavy atom. The summed E-state index contributed by atoms with van der Waals surface area (Å²) in [4.78, 5) is 48.4. The average Bonchev–Trinajstić information content (AvgIpc) is 2.87. The molecular weight excluding hydrogens is 470 g/mol. The van der Waals surface area contributed by atoms with Gasteiger partial charge in [0.2, 0.25) is 5.91 Å². The van der Waals surface area contributed by atoms with Crippen molar-refractivity contribution in [2.24, 2.45) is 0 Å². The SMILES string of the molecule is CCC(Sc1cccc(NC(=O)c2ccc([N+](=O)[O-])cc2)c1)C(=O)Nc1ccccc1C(=O)OC. The summed E-state index contributed by atoms with van der Waals surface area (Å²) < 4.78 is 4.77. The molecule has 2 N–H and O–H groups in total. The van der Waals surface area contributed by atoms with E-state index in [1.54, 1.807) is 42.5 Å². The van der Waals surface area contributed by atoms with Gasteiger partial charge in [-0.15, -0.1) is 11.8 Å². The van der Waals surface area contributed by atoms with Crippen molar-refractivity contribution >= 4 is 46.6 Å². The van der Waals surface area contributed by atoms with Gasteiger partial charge in [0, 0.05) is 28.3 Å². The van der Waals surface area contributed by atoms with Crippen LogP contribution >= 0.6 is 11.8 Å². The summed E-state index contributed by atoms with van der Waals surface area (Å²) in [5.74, 6) is -1.22. The summed E-state index contributed by atoms with van der Waals surface area (Å²) in [5.41, 5.74) is 1.33. The Bertz CT molecular complexity index is 1250. The number of hydrogen-bond acceptors (Lipinski definition) is 7. The first-order chi connectivity index (χ1) is 16.8. The third kappa shape index (κ3) is 6.67. The smallest absolute Gasteiger partial charge is 0.339 e. The predicted molar refractivity (Wildman–Crippen MR) is 134 cm³/mol. The number of methoxy groups -OCH3 is 1. The van der Waals surface area contributed by atoms with Crippen molar-refractivity contribution in [1.29, 1.82) is 0 Å². The second kappa shape index (κ2) is 11.8. The maximum absolute atomic E-state index is 12.9. The molecule has 0 aliphatic rings. The molecule has 0 spiro atoms. The first-order valence-electron chi connectivity index (χ1n) is 10.6. The van der Waals surface area contributed by atoms with Gasteiger partial charge < -0.3 is 15.4 Å². The second-order valence-corrected chi connectivity index (χ2v) is 8.60. The van der Waals surface area contributed by atoms with E-state index in [0.717, 1.165) is 4.90 Å². The number of carbonyl (C=O) groups is 3. The van der Waals surface area contributed by atoms with Gasteiger partial charge in [0.05, 0.1) is 28.5 Å². The van der Waals surface area contributed by atoms with Crippen LogP contribution in [0.2, 0.25) is 0 Å². The number of nitrogens with zero attached hydrogens (tertiary/aromatic N) is 1. The summed E-state index contributed by atoms with van der Waals surface area (Å²) in [6.07, 6.45) is 0.524. The lowest BCUT2D eigenvalue weighted by Crippen LogP contribution is -2.25. The molecule has 3 aromatic carbocycles. The lowest BCUT2D eigenvalue weighted by atomic mass is 10.1. The maximum atomic E-state index is 12.9. The van der Waals surface area contributed by atoms with E-state index in [9.17, 15) is 24.5 Å². The number of hydrogen-bond donors (Lipinski definition) is 2. The average molecular weight is 494 g/mol. The van der Waals surface area contributed by atoms with Gasteiger partial charge >= 0.3 is 5.97 Å². The minimum Gasteiger partial charge on any atom is -0.465 e. The number of carbonyl (C=O) groups excluding carboxylic acids is 3. The molecule has 0 saturated carbocycles. The third-order valence-corrected chi connectivity index (χ3v) is 6.32. The van der Waals surface area contributed by atoms with E-state index >= 15 is 0 Å². The number of esters is 1. The molecular formula is C25H23N3O6S. The molecule has 180 valence electrons. The third-order valence-electron chi connectivity index (χ3n) is 4.96. The number of amides is 2. The van der Waals surface area contributed by atoms with Gasteiger partial charge in [0.25, 0.3) is 11.6 Å². The highest BCUT2D eigenvalue weighted by Crippen LogP contribution is 2.29. The van der Waals surface area contributed by atoms with E-state index in [0.29, 0.717) is 17.8 Å². The molecule has 3 aromatic rings. The van der Waals surface area contributed by atoms with E-state index < -0.39 is 22.0 Å². The Morgan fingerprint density at radius 3 is 2.37 bits per heavy atom. The Hall–Kier alpha value is -4.18. The van der Waals surface area contributed by atoms with Crippen molar-refractivity contribution < 1.29 is 24.0 Å². The number of anilines is 2. The van der Waals surface area contributed by atoms with Crippen molar-refractivity contribution in [3.05, 3.63) is 94.0 Å². The van der Waals surface area contributed by atoms with Crippen LogP contribution in [0.4, 0.5) is 17.1 Å². The fourth-order valence-electron chi connectivity index (χ4n) is 3.16. The number of thioether (sulfide) groups is 1. The highest BCUT2D eigenvalue weighted by Gasteiger charge is 2.21. The molecule has 0 heterocycles. The van der Waals surface area contributed by atoms with E-state index in [2.05, 4.69) is 10.6 Å². The van der Waals surface area contributed by atoms with Gasteiger partial charge in [-0.2, -0.15) is 0 Å². The lowest BCUT2D eigenvalue weighted by Gasteiger charge is -2.16. The van der Waals surface area contributed by atoms with Crippen LogP contribution in [0.5, 0.6) is 0 Å². The van der Waals surface area contributed by atoms with E-state index in [-0.39, 0.29) is 22.7 Å². The standard InChI is InChI=1S/C25H23N3O6S/c1-3-22(24(30)27-21-10-5-4-9-20(21)25(31)34-2)35-19-8-6-7-17(15-19)26-23(29)16-11-13-18(14-12-16)28(32)33/h4-15,22H,3H2,1-2H3,(H,26,29)(H,27,30). The first-order valence-corrected chi connectivity index (χ1v) is 11.5. The minimum atomic E-state index is -0.543. The van der Waals surface area contributed by atoms with E-state index in [4.69, 9.17) is 4.74 Å². The number of non-ortho nitro benzene ring substituents is 1. The lowest BCUT2D eigenvalue weighted by molar-refractivity contribution is -0.384. The number of nitro groups is 1. The molecule has 0 aliphatic carbocycles. The van der Waals surface area contributed by atoms with Crippen LogP contribution in [0.3, 0.4) is 0 Å². The summed E-state index contributed by atoms with van der Waals surface area (Å²) >= 11 is 1.32. The quantitative estimate of drug-likeness (QED) is 0.183. The molecule has 2 amide bonds. The minimum absolute atomic E-state index is 0.0990. The molecule has 10 heteroatoms. The monoisotopic (exact) mass is 493 g/mol. The maximum Gasteiger partial charge on any atom is 0.339 e. The Balaban J connectivity index is 1.68. The van der Waals surface area contributed by atoms with Crippen LogP contribution in [0.15, 0.2) is 77.7 Å². The normalized spacial score (nSPS) is 11.3. The number of para-hydroxylation sites is 1. The van der Waals surface area contributed by atoms with Crippen molar-refractivity contribution in [2.45, 2.75) is 23.5 Å². The fraction of sp³-hybridized carbons (Fsp3) is 0.160. The zero-order valence-electron chi connectivity index (χ0n) is 19.0. The van der Waals surface area contributed by atoms with Crippen LogP contribution < -0.4 is 10.6 Å². The molecule has 0 bridgehead atoms.